The van der Waals surface area contributed by atoms with Gasteiger partial charge >= 0.3 is 11.9 Å². The molecule has 0 spiro atoms. The summed E-state index contributed by atoms with van der Waals surface area (Å²) >= 11 is 0. The highest BCUT2D eigenvalue weighted by molar-refractivity contribution is 5.99. The first-order valence-electron chi connectivity index (χ1n) is 12.3. The van der Waals surface area contributed by atoms with Gasteiger partial charge in [0.05, 0.1) is 13.2 Å². The third-order valence-corrected chi connectivity index (χ3v) is 6.00. The van der Waals surface area contributed by atoms with Crippen molar-refractivity contribution in [3.63, 3.8) is 0 Å². The zero-order chi connectivity index (χ0) is 22.0. The van der Waals surface area contributed by atoms with Gasteiger partial charge in [-0.15, -0.1) is 0 Å². The SMILES string of the molecule is CCCCCCCCCCCCOC(=O)C(CC)(CC)C(=O)OCC(C)CCC. The molecule has 0 aromatic carbocycles. The molecule has 0 aliphatic heterocycles. The van der Waals surface area contributed by atoms with Crippen molar-refractivity contribution in [1.82, 2.24) is 0 Å². The summed E-state index contributed by atoms with van der Waals surface area (Å²) in [6.07, 6.45) is 15.3. The fraction of sp³-hybridized carbons (Fsp3) is 0.920. The van der Waals surface area contributed by atoms with Gasteiger partial charge in [-0.05, 0) is 31.6 Å². The zero-order valence-corrected chi connectivity index (χ0v) is 20.0. The molecule has 0 rings (SSSR count). The number of ether oxygens (including phenoxy) is 2. The Bertz CT molecular complexity index is 415. The zero-order valence-electron chi connectivity index (χ0n) is 20.0. The van der Waals surface area contributed by atoms with Crippen LogP contribution in [0.4, 0.5) is 0 Å². The average Bonchev–Trinajstić information content (AvgIpc) is 2.72. The molecule has 1 atom stereocenters. The van der Waals surface area contributed by atoms with Gasteiger partial charge in [0, 0.05) is 0 Å². The lowest BCUT2D eigenvalue weighted by molar-refractivity contribution is -0.174. The van der Waals surface area contributed by atoms with Gasteiger partial charge in [0.1, 0.15) is 0 Å². The van der Waals surface area contributed by atoms with Crippen LogP contribution in [0, 0.1) is 11.3 Å². The molecule has 0 radical (unpaired) electrons. The van der Waals surface area contributed by atoms with Gasteiger partial charge in [-0.3, -0.25) is 9.59 Å². The Labute approximate surface area is 180 Å². The van der Waals surface area contributed by atoms with E-state index in [9.17, 15) is 9.59 Å². The number of hydrogen-bond donors (Lipinski definition) is 0. The minimum absolute atomic E-state index is 0.318. The summed E-state index contributed by atoms with van der Waals surface area (Å²) in [5.74, 6) is -0.511. The van der Waals surface area contributed by atoms with Gasteiger partial charge in [0.15, 0.2) is 5.41 Å². The molecule has 1 unspecified atom stereocenters. The maximum absolute atomic E-state index is 12.7. The summed E-state index contributed by atoms with van der Waals surface area (Å²) in [7, 11) is 0. The van der Waals surface area contributed by atoms with E-state index >= 15 is 0 Å². The Morgan fingerprint density at radius 1 is 0.690 bits per heavy atom. The van der Waals surface area contributed by atoms with Crippen LogP contribution in [0.15, 0.2) is 0 Å². The van der Waals surface area contributed by atoms with Crippen molar-refractivity contribution in [3.8, 4) is 0 Å². The number of unbranched alkanes of at least 4 members (excludes halogenated alkanes) is 9. The van der Waals surface area contributed by atoms with Crippen LogP contribution in [0.3, 0.4) is 0 Å². The van der Waals surface area contributed by atoms with Crippen molar-refractivity contribution >= 4 is 11.9 Å². The molecule has 0 heterocycles. The van der Waals surface area contributed by atoms with E-state index in [2.05, 4.69) is 20.8 Å². The third kappa shape index (κ3) is 11.6. The fourth-order valence-electron chi connectivity index (χ4n) is 3.74. The molecule has 29 heavy (non-hydrogen) atoms. The van der Waals surface area contributed by atoms with Crippen LogP contribution >= 0.6 is 0 Å². The van der Waals surface area contributed by atoms with Gasteiger partial charge in [-0.2, -0.15) is 0 Å². The van der Waals surface area contributed by atoms with Crippen LogP contribution in [0.25, 0.3) is 0 Å². The summed E-state index contributed by atoms with van der Waals surface area (Å²) in [5.41, 5.74) is -1.15. The maximum atomic E-state index is 12.7. The Kier molecular flexibility index (Phi) is 17.1. The van der Waals surface area contributed by atoms with E-state index in [0.717, 1.165) is 25.7 Å². The smallest absolute Gasteiger partial charge is 0.323 e. The molecular weight excluding hydrogens is 364 g/mol. The van der Waals surface area contributed by atoms with E-state index in [-0.39, 0.29) is 0 Å². The summed E-state index contributed by atoms with van der Waals surface area (Å²) in [6, 6.07) is 0. The van der Waals surface area contributed by atoms with Gasteiger partial charge in [0.25, 0.3) is 0 Å². The van der Waals surface area contributed by atoms with Crippen molar-refractivity contribution in [2.75, 3.05) is 13.2 Å². The van der Waals surface area contributed by atoms with Crippen molar-refractivity contribution in [2.24, 2.45) is 11.3 Å². The summed E-state index contributed by atoms with van der Waals surface area (Å²) in [4.78, 5) is 25.3. The van der Waals surface area contributed by atoms with Crippen molar-refractivity contribution in [2.45, 2.75) is 125 Å². The molecule has 4 heteroatoms. The highest BCUT2D eigenvalue weighted by Gasteiger charge is 2.45. The molecule has 0 bridgehead atoms. The fourth-order valence-corrected chi connectivity index (χ4v) is 3.74. The van der Waals surface area contributed by atoms with E-state index in [0.29, 0.717) is 32.0 Å². The van der Waals surface area contributed by atoms with Crippen LogP contribution < -0.4 is 0 Å². The van der Waals surface area contributed by atoms with Crippen LogP contribution in [-0.4, -0.2) is 25.2 Å². The maximum Gasteiger partial charge on any atom is 0.323 e. The predicted octanol–water partition coefficient (Wildman–Crippen LogP) is 7.24. The van der Waals surface area contributed by atoms with Gasteiger partial charge in [0.2, 0.25) is 0 Å². The second-order valence-corrected chi connectivity index (χ2v) is 8.60. The molecule has 0 aliphatic rings. The summed E-state index contributed by atoms with van der Waals surface area (Å²) < 4.78 is 11.0. The highest BCUT2D eigenvalue weighted by atomic mass is 16.6. The van der Waals surface area contributed by atoms with E-state index in [1.165, 1.54) is 51.4 Å². The average molecular weight is 413 g/mol. The van der Waals surface area contributed by atoms with Crippen molar-refractivity contribution in [1.29, 1.82) is 0 Å². The van der Waals surface area contributed by atoms with Gasteiger partial charge in [-0.25, -0.2) is 0 Å². The monoisotopic (exact) mass is 412 g/mol. The molecule has 0 saturated carbocycles. The second-order valence-electron chi connectivity index (χ2n) is 8.60. The predicted molar refractivity (Wildman–Crippen MR) is 121 cm³/mol. The first-order valence-corrected chi connectivity index (χ1v) is 12.3. The minimum atomic E-state index is -1.15. The molecule has 0 aromatic rings. The molecule has 0 aliphatic carbocycles. The molecule has 4 nitrogen and oxygen atoms in total. The van der Waals surface area contributed by atoms with Crippen LogP contribution in [0.1, 0.15) is 125 Å². The first kappa shape index (κ1) is 27.9. The van der Waals surface area contributed by atoms with Gasteiger partial charge in [-0.1, -0.05) is 98.8 Å². The van der Waals surface area contributed by atoms with Crippen molar-refractivity contribution < 1.29 is 19.1 Å². The van der Waals surface area contributed by atoms with Crippen LogP contribution in [-0.2, 0) is 19.1 Å². The lowest BCUT2D eigenvalue weighted by Gasteiger charge is -2.27. The minimum Gasteiger partial charge on any atom is -0.465 e. The number of carbonyl (C=O) groups excluding carboxylic acids is 2. The molecule has 0 aromatic heterocycles. The number of hydrogen-bond acceptors (Lipinski definition) is 4. The second kappa shape index (κ2) is 17.8. The highest BCUT2D eigenvalue weighted by Crippen LogP contribution is 2.30. The van der Waals surface area contributed by atoms with E-state index in [1.807, 2.05) is 13.8 Å². The molecular formula is C25H48O4. The molecule has 0 saturated heterocycles. The van der Waals surface area contributed by atoms with Crippen molar-refractivity contribution in [3.05, 3.63) is 0 Å². The molecule has 0 fully saturated rings. The standard InChI is InChI=1S/C25H48O4/c1-6-10-11-12-13-14-15-16-17-18-20-28-23(26)25(8-3,9-4)24(27)29-21-22(5)19-7-2/h22H,6-21H2,1-5H3. The van der Waals surface area contributed by atoms with E-state index < -0.39 is 17.4 Å². The molecule has 0 amide bonds. The third-order valence-electron chi connectivity index (χ3n) is 6.00. The van der Waals surface area contributed by atoms with Crippen LogP contribution in [0.2, 0.25) is 0 Å². The van der Waals surface area contributed by atoms with E-state index in [4.69, 9.17) is 9.47 Å². The normalized spacial score (nSPS) is 12.6. The number of carbonyl (C=O) groups is 2. The van der Waals surface area contributed by atoms with E-state index in [1.54, 1.807) is 0 Å². The molecule has 0 N–H and O–H groups in total. The Morgan fingerprint density at radius 3 is 1.66 bits per heavy atom. The quantitative estimate of drug-likeness (QED) is 0.127. The lowest BCUT2D eigenvalue weighted by Crippen LogP contribution is -2.41. The summed E-state index contributed by atoms with van der Waals surface area (Å²) in [5, 5.41) is 0. The van der Waals surface area contributed by atoms with Crippen LogP contribution in [0.5, 0.6) is 0 Å². The lowest BCUT2D eigenvalue weighted by atomic mass is 9.82. The largest absolute Gasteiger partial charge is 0.465 e. The Hall–Kier alpha value is -1.06. The number of esters is 2. The Morgan fingerprint density at radius 2 is 1.17 bits per heavy atom. The first-order chi connectivity index (χ1) is 14.0. The van der Waals surface area contributed by atoms with Gasteiger partial charge < -0.3 is 9.47 Å². The topological polar surface area (TPSA) is 52.6 Å². The molecule has 172 valence electrons. The Balaban J connectivity index is 4.13. The number of rotatable bonds is 19. The summed E-state index contributed by atoms with van der Waals surface area (Å²) in [6.45, 7) is 10.9.